The van der Waals surface area contributed by atoms with Crippen molar-refractivity contribution >= 4 is 41.1 Å². The van der Waals surface area contributed by atoms with E-state index in [1.807, 2.05) is 44.2 Å². The highest BCUT2D eigenvalue weighted by Crippen LogP contribution is 2.21. The molecular formula is C32H39ClFN5O5. The van der Waals surface area contributed by atoms with E-state index in [9.17, 15) is 28.4 Å². The van der Waals surface area contributed by atoms with Gasteiger partial charge in [-0.1, -0.05) is 61.8 Å². The Morgan fingerprint density at radius 1 is 1.02 bits per heavy atom. The molecule has 0 saturated carbocycles. The quantitative estimate of drug-likeness (QED) is 0.469. The zero-order valence-electron chi connectivity index (χ0n) is 25.1. The molecule has 4 rings (SSSR count). The van der Waals surface area contributed by atoms with E-state index in [-0.39, 0.29) is 23.9 Å². The summed E-state index contributed by atoms with van der Waals surface area (Å²) in [4.78, 5) is 70.1. The molecule has 5 amide bonds. The van der Waals surface area contributed by atoms with Crippen LogP contribution in [0.25, 0.3) is 0 Å². The molecule has 10 nitrogen and oxygen atoms in total. The normalized spacial score (nSPS) is 23.8. The molecule has 12 heteroatoms. The zero-order valence-corrected chi connectivity index (χ0v) is 25.9. The second-order valence-corrected chi connectivity index (χ2v) is 12.2. The number of carbonyl (C=O) groups is 5. The Balaban J connectivity index is 1.69. The second kappa shape index (κ2) is 14.7. The maximum absolute atomic E-state index is 13.7. The predicted molar refractivity (Wildman–Crippen MR) is 163 cm³/mol. The Morgan fingerprint density at radius 3 is 2.43 bits per heavy atom. The van der Waals surface area contributed by atoms with Crippen molar-refractivity contribution < 1.29 is 28.4 Å². The largest absolute Gasteiger partial charge is 0.349 e. The highest BCUT2D eigenvalue weighted by atomic mass is 35.5. The standard InChI is InChI=1S/C32H39ClFN5O5/c1-19(2)29-31(43)36-24(14-21-8-5-4-6-9-21)17-38(28(41)15-22-11-12-23(34)16-25(22)33)18-27(40)35-20(3)32(44)39-13-7-10-26(39)30(42)37-29/h4-6,8-9,11-12,16,19-20,24,26,29H,7,10,13-15,17-18H2,1-3H3,(H,35,40)(H,36,43)(H,37,42)/t20-,24-,26+,29-/m0/s1. The van der Waals surface area contributed by atoms with Gasteiger partial charge in [-0.2, -0.15) is 0 Å². The first-order valence-electron chi connectivity index (χ1n) is 14.9. The molecule has 2 aliphatic heterocycles. The van der Waals surface area contributed by atoms with Crippen molar-refractivity contribution in [3.63, 3.8) is 0 Å². The van der Waals surface area contributed by atoms with Crippen molar-refractivity contribution in [3.8, 4) is 0 Å². The summed E-state index contributed by atoms with van der Waals surface area (Å²) in [5.41, 5.74) is 1.27. The molecule has 0 unspecified atom stereocenters. The molecule has 2 fully saturated rings. The van der Waals surface area contributed by atoms with E-state index in [0.29, 0.717) is 31.4 Å². The van der Waals surface area contributed by atoms with Gasteiger partial charge in [-0.05, 0) is 55.4 Å². The first kappa shape index (κ1) is 32.9. The van der Waals surface area contributed by atoms with Crippen LogP contribution in [0, 0.1) is 11.7 Å². The number of amides is 5. The van der Waals surface area contributed by atoms with Gasteiger partial charge in [0.05, 0.1) is 19.0 Å². The maximum atomic E-state index is 13.7. The summed E-state index contributed by atoms with van der Waals surface area (Å²) in [5.74, 6) is -3.16. The number of benzene rings is 2. The average Bonchev–Trinajstić information content (AvgIpc) is 3.46. The number of hydrogen-bond donors (Lipinski definition) is 3. The van der Waals surface area contributed by atoms with Crippen LogP contribution < -0.4 is 16.0 Å². The van der Waals surface area contributed by atoms with E-state index in [1.54, 1.807) is 0 Å². The number of fused-ring (bicyclic) bond motifs is 1. The van der Waals surface area contributed by atoms with Crippen molar-refractivity contribution in [2.24, 2.45) is 5.92 Å². The summed E-state index contributed by atoms with van der Waals surface area (Å²) in [7, 11) is 0. The molecular weight excluding hydrogens is 589 g/mol. The van der Waals surface area contributed by atoms with Crippen LogP contribution >= 0.6 is 11.6 Å². The van der Waals surface area contributed by atoms with Gasteiger partial charge >= 0.3 is 0 Å². The first-order chi connectivity index (χ1) is 20.9. The lowest BCUT2D eigenvalue weighted by Crippen LogP contribution is -2.58. The van der Waals surface area contributed by atoms with Gasteiger partial charge in [0.25, 0.3) is 0 Å². The summed E-state index contributed by atoms with van der Waals surface area (Å²) in [6, 6.07) is 9.83. The minimum atomic E-state index is -0.953. The second-order valence-electron chi connectivity index (χ2n) is 11.8. The van der Waals surface area contributed by atoms with Crippen LogP contribution in [0.15, 0.2) is 48.5 Å². The molecule has 4 atom stereocenters. The minimum absolute atomic E-state index is 0.0540. The van der Waals surface area contributed by atoms with Crippen molar-refractivity contribution in [2.45, 2.75) is 70.6 Å². The van der Waals surface area contributed by atoms with Gasteiger partial charge in [-0.25, -0.2) is 4.39 Å². The smallest absolute Gasteiger partial charge is 0.245 e. The lowest BCUT2D eigenvalue weighted by Gasteiger charge is -2.31. The van der Waals surface area contributed by atoms with E-state index in [1.165, 1.54) is 28.9 Å². The van der Waals surface area contributed by atoms with E-state index < -0.39 is 66.1 Å². The van der Waals surface area contributed by atoms with E-state index in [2.05, 4.69) is 16.0 Å². The molecule has 3 N–H and O–H groups in total. The van der Waals surface area contributed by atoms with Crippen LogP contribution in [0.3, 0.4) is 0 Å². The molecule has 0 radical (unpaired) electrons. The number of rotatable bonds is 5. The number of nitrogens with zero attached hydrogens (tertiary/aromatic N) is 2. The van der Waals surface area contributed by atoms with Crippen LogP contribution in [-0.2, 0) is 36.8 Å². The monoisotopic (exact) mass is 627 g/mol. The summed E-state index contributed by atoms with van der Waals surface area (Å²) in [6.45, 7) is 5.06. The lowest BCUT2D eigenvalue weighted by atomic mass is 10.00. The molecule has 2 aromatic carbocycles. The highest BCUT2D eigenvalue weighted by Gasteiger charge is 2.39. The Kier molecular flexibility index (Phi) is 11.0. The van der Waals surface area contributed by atoms with Crippen molar-refractivity contribution in [3.05, 3.63) is 70.5 Å². The number of nitrogens with one attached hydrogen (secondary N) is 3. The lowest BCUT2D eigenvalue weighted by molar-refractivity contribution is -0.142. The third kappa shape index (κ3) is 8.34. The van der Waals surface area contributed by atoms with Crippen LogP contribution in [0.5, 0.6) is 0 Å². The van der Waals surface area contributed by atoms with Gasteiger partial charge < -0.3 is 25.8 Å². The van der Waals surface area contributed by atoms with Gasteiger partial charge in [-0.3, -0.25) is 24.0 Å². The van der Waals surface area contributed by atoms with Crippen LogP contribution in [0.4, 0.5) is 4.39 Å². The zero-order chi connectivity index (χ0) is 32.0. The highest BCUT2D eigenvalue weighted by molar-refractivity contribution is 6.31. The number of halogens is 2. The van der Waals surface area contributed by atoms with Gasteiger partial charge in [-0.15, -0.1) is 0 Å². The fraction of sp³-hybridized carbons (Fsp3) is 0.469. The molecule has 2 aromatic rings. The average molecular weight is 628 g/mol. The summed E-state index contributed by atoms with van der Waals surface area (Å²) >= 11 is 6.20. The molecule has 0 aliphatic carbocycles. The third-order valence-corrected chi connectivity index (χ3v) is 8.34. The molecule has 44 heavy (non-hydrogen) atoms. The van der Waals surface area contributed by atoms with Crippen molar-refractivity contribution in [1.29, 1.82) is 0 Å². The Bertz CT molecular complexity index is 1390. The SMILES string of the molecule is CC(C)[C@@H]1NC(=O)[C@H]2CCCN2C(=O)[C@H](C)NC(=O)CN(C(=O)Cc2ccc(F)cc2Cl)C[C@H](Cc2ccccc2)NC1=O. The number of carbonyl (C=O) groups excluding carboxylic acids is 5. The Hall–Kier alpha value is -3.99. The summed E-state index contributed by atoms with van der Waals surface area (Å²) in [5, 5.41) is 8.62. The molecule has 0 aromatic heterocycles. The Labute approximate surface area is 261 Å². The predicted octanol–water partition coefficient (Wildman–Crippen LogP) is 2.23. The first-order valence-corrected chi connectivity index (χ1v) is 15.3. The maximum Gasteiger partial charge on any atom is 0.245 e. The summed E-state index contributed by atoms with van der Waals surface area (Å²) in [6.07, 6.45) is 1.16. The van der Waals surface area contributed by atoms with Gasteiger partial charge in [0, 0.05) is 18.1 Å². The van der Waals surface area contributed by atoms with Gasteiger partial charge in [0.1, 0.15) is 23.9 Å². The fourth-order valence-corrected chi connectivity index (χ4v) is 5.90. The third-order valence-electron chi connectivity index (χ3n) is 7.99. The summed E-state index contributed by atoms with van der Waals surface area (Å²) < 4.78 is 13.7. The Morgan fingerprint density at radius 2 is 1.75 bits per heavy atom. The van der Waals surface area contributed by atoms with E-state index in [0.717, 1.165) is 11.6 Å². The molecule has 2 saturated heterocycles. The topological polar surface area (TPSA) is 128 Å². The number of hydrogen-bond acceptors (Lipinski definition) is 5. The van der Waals surface area contributed by atoms with E-state index in [4.69, 9.17) is 11.6 Å². The fourth-order valence-electron chi connectivity index (χ4n) is 5.67. The van der Waals surface area contributed by atoms with Gasteiger partial charge in [0.15, 0.2) is 0 Å². The minimum Gasteiger partial charge on any atom is -0.349 e. The van der Waals surface area contributed by atoms with Crippen molar-refractivity contribution in [1.82, 2.24) is 25.8 Å². The molecule has 0 bridgehead atoms. The van der Waals surface area contributed by atoms with Crippen LogP contribution in [0.1, 0.15) is 44.7 Å². The van der Waals surface area contributed by atoms with Gasteiger partial charge in [0.2, 0.25) is 29.5 Å². The molecule has 236 valence electrons. The molecule has 2 aliphatic rings. The molecule has 2 heterocycles. The molecule has 0 spiro atoms. The van der Waals surface area contributed by atoms with Crippen LogP contribution in [0.2, 0.25) is 5.02 Å². The van der Waals surface area contributed by atoms with E-state index >= 15 is 0 Å². The van der Waals surface area contributed by atoms with Crippen molar-refractivity contribution in [2.75, 3.05) is 19.6 Å². The van der Waals surface area contributed by atoms with Crippen LogP contribution in [-0.4, -0.2) is 83.1 Å².